The van der Waals surface area contributed by atoms with Gasteiger partial charge in [0.25, 0.3) is 0 Å². The predicted octanol–water partition coefficient (Wildman–Crippen LogP) is 3.69. The average molecular weight is 278 g/mol. The van der Waals surface area contributed by atoms with Crippen molar-refractivity contribution in [2.45, 2.75) is 6.92 Å². The molecular formula is C15H16ClNO2. The number of ether oxygens (including phenoxy) is 2. The summed E-state index contributed by atoms with van der Waals surface area (Å²) in [5, 5.41) is 0.598. The van der Waals surface area contributed by atoms with E-state index in [0.717, 1.165) is 5.75 Å². The third-order valence-corrected chi connectivity index (χ3v) is 2.84. The first kappa shape index (κ1) is 13.6. The van der Waals surface area contributed by atoms with Crippen molar-refractivity contribution < 1.29 is 9.47 Å². The maximum atomic E-state index is 5.81. The highest BCUT2D eigenvalue weighted by molar-refractivity contribution is 6.30. The molecule has 0 amide bonds. The fourth-order valence-corrected chi connectivity index (χ4v) is 1.78. The molecule has 19 heavy (non-hydrogen) atoms. The fraction of sp³-hybridized carbons (Fsp3) is 0.200. The lowest BCUT2D eigenvalue weighted by Gasteiger charge is -2.10. The largest absolute Gasteiger partial charge is 0.490 e. The standard InChI is InChI=1S/C15H16ClNO2/c1-11-2-5-13(6-3-11)18-8-9-19-15-7-4-12(16)10-14(15)17/h2-7,10H,8-9,17H2,1H3. The van der Waals surface area contributed by atoms with Crippen molar-refractivity contribution in [3.8, 4) is 11.5 Å². The molecule has 0 radical (unpaired) electrons. The van der Waals surface area contributed by atoms with E-state index in [1.54, 1.807) is 18.2 Å². The SMILES string of the molecule is Cc1ccc(OCCOc2ccc(Cl)cc2N)cc1. The third kappa shape index (κ3) is 4.07. The fourth-order valence-electron chi connectivity index (χ4n) is 1.60. The quantitative estimate of drug-likeness (QED) is 0.670. The topological polar surface area (TPSA) is 44.5 Å². The lowest BCUT2D eigenvalue weighted by Crippen LogP contribution is -2.09. The van der Waals surface area contributed by atoms with Gasteiger partial charge in [0.1, 0.15) is 24.7 Å². The summed E-state index contributed by atoms with van der Waals surface area (Å²) in [6, 6.07) is 13.0. The third-order valence-electron chi connectivity index (χ3n) is 2.60. The second-order valence-electron chi connectivity index (χ2n) is 4.19. The molecule has 0 saturated heterocycles. The molecule has 2 rings (SSSR count). The van der Waals surface area contributed by atoms with Gasteiger partial charge in [-0.05, 0) is 37.3 Å². The van der Waals surface area contributed by atoms with E-state index in [2.05, 4.69) is 0 Å². The van der Waals surface area contributed by atoms with Gasteiger partial charge >= 0.3 is 0 Å². The van der Waals surface area contributed by atoms with Gasteiger partial charge in [-0.25, -0.2) is 0 Å². The summed E-state index contributed by atoms with van der Waals surface area (Å²) in [7, 11) is 0. The van der Waals surface area contributed by atoms with Gasteiger partial charge in [0.15, 0.2) is 0 Å². The van der Waals surface area contributed by atoms with Gasteiger partial charge in [0, 0.05) is 5.02 Å². The van der Waals surface area contributed by atoms with Gasteiger partial charge in [-0.3, -0.25) is 0 Å². The Bertz CT molecular complexity index is 540. The molecule has 0 atom stereocenters. The van der Waals surface area contributed by atoms with Crippen LogP contribution in [0.2, 0.25) is 5.02 Å². The zero-order valence-electron chi connectivity index (χ0n) is 10.7. The van der Waals surface area contributed by atoms with Crippen LogP contribution in [0.15, 0.2) is 42.5 Å². The first-order chi connectivity index (χ1) is 9.15. The van der Waals surface area contributed by atoms with Crippen molar-refractivity contribution >= 4 is 17.3 Å². The van der Waals surface area contributed by atoms with Crippen LogP contribution in [0.1, 0.15) is 5.56 Å². The van der Waals surface area contributed by atoms with E-state index in [-0.39, 0.29) is 0 Å². The lowest BCUT2D eigenvalue weighted by atomic mass is 10.2. The van der Waals surface area contributed by atoms with Gasteiger partial charge in [-0.1, -0.05) is 29.3 Å². The summed E-state index contributed by atoms with van der Waals surface area (Å²) in [6.07, 6.45) is 0. The summed E-state index contributed by atoms with van der Waals surface area (Å²) >= 11 is 5.81. The Balaban J connectivity index is 1.79. The van der Waals surface area contributed by atoms with E-state index >= 15 is 0 Å². The summed E-state index contributed by atoms with van der Waals surface area (Å²) < 4.78 is 11.1. The van der Waals surface area contributed by atoms with Crippen LogP contribution in [0.4, 0.5) is 5.69 Å². The van der Waals surface area contributed by atoms with Gasteiger partial charge in [0.05, 0.1) is 5.69 Å². The number of nitrogens with two attached hydrogens (primary N) is 1. The molecule has 0 heterocycles. The van der Waals surface area contributed by atoms with Gasteiger partial charge in [-0.2, -0.15) is 0 Å². The number of hydrogen-bond donors (Lipinski definition) is 1. The van der Waals surface area contributed by atoms with Crippen molar-refractivity contribution in [2.24, 2.45) is 0 Å². The predicted molar refractivity (Wildman–Crippen MR) is 78.0 cm³/mol. The molecule has 100 valence electrons. The van der Waals surface area contributed by atoms with Crippen LogP contribution in [0.3, 0.4) is 0 Å². The Morgan fingerprint density at radius 1 is 1.00 bits per heavy atom. The number of halogens is 1. The minimum atomic E-state index is 0.430. The Labute approximate surface area is 117 Å². The van der Waals surface area contributed by atoms with Crippen LogP contribution in [0, 0.1) is 6.92 Å². The van der Waals surface area contributed by atoms with Crippen LogP contribution in [-0.4, -0.2) is 13.2 Å². The smallest absolute Gasteiger partial charge is 0.142 e. The van der Waals surface area contributed by atoms with Crippen LogP contribution >= 0.6 is 11.6 Å². The zero-order chi connectivity index (χ0) is 13.7. The van der Waals surface area contributed by atoms with Crippen molar-refractivity contribution in [1.29, 1.82) is 0 Å². The highest BCUT2D eigenvalue weighted by Crippen LogP contribution is 2.24. The number of anilines is 1. The number of benzene rings is 2. The first-order valence-electron chi connectivity index (χ1n) is 6.02. The molecule has 0 fully saturated rings. The van der Waals surface area contributed by atoms with E-state index in [1.807, 2.05) is 31.2 Å². The second-order valence-corrected chi connectivity index (χ2v) is 4.63. The highest BCUT2D eigenvalue weighted by atomic mass is 35.5. The van der Waals surface area contributed by atoms with Crippen molar-refractivity contribution in [3.05, 3.63) is 53.1 Å². The Morgan fingerprint density at radius 3 is 2.37 bits per heavy atom. The average Bonchev–Trinajstić information content (AvgIpc) is 2.39. The van der Waals surface area contributed by atoms with Crippen molar-refractivity contribution in [1.82, 2.24) is 0 Å². The molecule has 2 aromatic carbocycles. The van der Waals surface area contributed by atoms with Gasteiger partial charge in [0.2, 0.25) is 0 Å². The Hall–Kier alpha value is -1.87. The zero-order valence-corrected chi connectivity index (χ0v) is 11.5. The summed E-state index contributed by atoms with van der Waals surface area (Å²) in [4.78, 5) is 0. The van der Waals surface area contributed by atoms with E-state index in [4.69, 9.17) is 26.8 Å². The van der Waals surface area contributed by atoms with Crippen LogP contribution in [-0.2, 0) is 0 Å². The lowest BCUT2D eigenvalue weighted by molar-refractivity contribution is 0.218. The highest BCUT2D eigenvalue weighted by Gasteiger charge is 2.01. The molecule has 4 heteroatoms. The molecule has 0 bridgehead atoms. The number of nitrogen functional groups attached to an aromatic ring is 1. The van der Waals surface area contributed by atoms with Gasteiger partial charge < -0.3 is 15.2 Å². The summed E-state index contributed by atoms with van der Waals surface area (Å²) in [5.74, 6) is 1.45. The van der Waals surface area contributed by atoms with Gasteiger partial charge in [-0.15, -0.1) is 0 Å². The Kier molecular flexibility index (Phi) is 4.53. The van der Waals surface area contributed by atoms with E-state index in [1.165, 1.54) is 5.56 Å². The molecule has 0 aromatic heterocycles. The Morgan fingerprint density at radius 2 is 1.68 bits per heavy atom. The monoisotopic (exact) mass is 277 g/mol. The number of rotatable bonds is 5. The molecule has 0 aliphatic rings. The molecule has 0 saturated carbocycles. The molecule has 0 aliphatic carbocycles. The van der Waals surface area contributed by atoms with Crippen LogP contribution in [0.5, 0.6) is 11.5 Å². The van der Waals surface area contributed by atoms with Crippen LogP contribution in [0.25, 0.3) is 0 Å². The minimum Gasteiger partial charge on any atom is -0.490 e. The first-order valence-corrected chi connectivity index (χ1v) is 6.40. The summed E-state index contributed by atoms with van der Waals surface area (Å²) in [5.41, 5.74) is 7.52. The summed E-state index contributed by atoms with van der Waals surface area (Å²) in [6.45, 7) is 2.93. The molecule has 0 aliphatic heterocycles. The van der Waals surface area contributed by atoms with E-state index in [9.17, 15) is 0 Å². The molecule has 0 unspecified atom stereocenters. The van der Waals surface area contributed by atoms with E-state index < -0.39 is 0 Å². The number of aryl methyl sites for hydroxylation is 1. The molecule has 2 aromatic rings. The van der Waals surface area contributed by atoms with Crippen molar-refractivity contribution in [3.63, 3.8) is 0 Å². The molecule has 0 spiro atoms. The van der Waals surface area contributed by atoms with E-state index in [0.29, 0.717) is 29.7 Å². The minimum absolute atomic E-state index is 0.430. The van der Waals surface area contributed by atoms with Crippen molar-refractivity contribution in [2.75, 3.05) is 18.9 Å². The maximum absolute atomic E-state index is 5.81. The van der Waals surface area contributed by atoms with Crippen LogP contribution < -0.4 is 15.2 Å². The molecule has 3 nitrogen and oxygen atoms in total. The normalized spacial score (nSPS) is 10.2. The molecular weight excluding hydrogens is 262 g/mol. The maximum Gasteiger partial charge on any atom is 0.142 e. The second kappa shape index (κ2) is 6.34. The molecule has 2 N–H and O–H groups in total. The number of hydrogen-bond acceptors (Lipinski definition) is 3.